The van der Waals surface area contributed by atoms with E-state index in [0.717, 1.165) is 12.2 Å². The Balaban J connectivity index is 2.13. The number of carbonyl (C=O) groups is 1. The van der Waals surface area contributed by atoms with Crippen LogP contribution in [0.15, 0.2) is 34.7 Å². The van der Waals surface area contributed by atoms with Gasteiger partial charge in [-0.3, -0.25) is 4.79 Å². The predicted molar refractivity (Wildman–Crippen MR) is 69.2 cm³/mol. The molecule has 2 N–H and O–H groups in total. The minimum atomic E-state index is -0.364. The summed E-state index contributed by atoms with van der Waals surface area (Å²) in [6, 6.07) is 7.86. The fourth-order valence-electron chi connectivity index (χ4n) is 1.47. The van der Waals surface area contributed by atoms with Crippen LogP contribution in [0.25, 0.3) is 0 Å². The number of hydrogen-bond donors (Lipinski definition) is 2. The maximum atomic E-state index is 11.8. The summed E-state index contributed by atoms with van der Waals surface area (Å²) in [6.45, 7) is 1.94. The molecule has 94 valence electrons. The molecule has 0 unspecified atom stereocenters. The second kappa shape index (κ2) is 5.14. The van der Waals surface area contributed by atoms with E-state index in [9.17, 15) is 9.90 Å². The lowest BCUT2D eigenvalue weighted by Crippen LogP contribution is -2.10. The molecular formula is C13H12ClNO3. The summed E-state index contributed by atoms with van der Waals surface area (Å²) >= 11 is 5.68. The summed E-state index contributed by atoms with van der Waals surface area (Å²) in [5, 5.41) is 12.3. The van der Waals surface area contributed by atoms with E-state index in [0.29, 0.717) is 5.69 Å². The summed E-state index contributed by atoms with van der Waals surface area (Å²) in [6.07, 6.45) is 0.731. The Labute approximate surface area is 109 Å². The van der Waals surface area contributed by atoms with Crippen molar-refractivity contribution in [3.63, 3.8) is 0 Å². The normalized spacial score (nSPS) is 10.3. The topological polar surface area (TPSA) is 62.5 Å². The number of anilines is 1. The minimum Gasteiger partial charge on any atom is -0.506 e. The molecule has 1 aromatic carbocycles. The fourth-order valence-corrected chi connectivity index (χ4v) is 1.59. The molecule has 0 radical (unpaired) electrons. The number of rotatable bonds is 3. The number of hydrogen-bond acceptors (Lipinski definition) is 3. The Bertz CT molecular complexity index is 577. The molecule has 1 aromatic heterocycles. The van der Waals surface area contributed by atoms with E-state index in [-0.39, 0.29) is 22.4 Å². The molecule has 2 rings (SSSR count). The molecule has 0 saturated heterocycles. The van der Waals surface area contributed by atoms with Crippen molar-refractivity contribution in [2.75, 3.05) is 5.32 Å². The summed E-state index contributed by atoms with van der Waals surface area (Å²) in [5.41, 5.74) is 0.455. The maximum absolute atomic E-state index is 11.8. The highest BCUT2D eigenvalue weighted by atomic mass is 35.5. The number of aromatic hydroxyl groups is 1. The van der Waals surface area contributed by atoms with Crippen LogP contribution >= 0.6 is 11.6 Å². The van der Waals surface area contributed by atoms with Crippen molar-refractivity contribution in [3.05, 3.63) is 46.9 Å². The number of nitrogens with one attached hydrogen (secondary N) is 1. The number of carbonyl (C=O) groups excluding carboxylic acids is 1. The average Bonchev–Trinajstić information content (AvgIpc) is 2.82. The van der Waals surface area contributed by atoms with Crippen LogP contribution in [-0.4, -0.2) is 11.0 Å². The first kappa shape index (κ1) is 12.5. The van der Waals surface area contributed by atoms with Gasteiger partial charge in [0.15, 0.2) is 5.76 Å². The number of benzene rings is 1. The highest BCUT2D eigenvalue weighted by molar-refractivity contribution is 6.32. The molecule has 18 heavy (non-hydrogen) atoms. The van der Waals surface area contributed by atoms with Crippen molar-refractivity contribution in [2.24, 2.45) is 0 Å². The monoisotopic (exact) mass is 265 g/mol. The Hall–Kier alpha value is -1.94. The summed E-state index contributed by atoms with van der Waals surface area (Å²) in [4.78, 5) is 11.8. The van der Waals surface area contributed by atoms with Gasteiger partial charge in [0.05, 0.1) is 5.02 Å². The number of furan rings is 1. The SMILES string of the molecule is CCc1ccc(C(=O)Nc2ccc(Cl)c(O)c2)o1. The van der Waals surface area contributed by atoms with Gasteiger partial charge in [-0.25, -0.2) is 0 Å². The first-order chi connectivity index (χ1) is 8.60. The number of aryl methyl sites for hydroxylation is 1. The molecule has 0 aliphatic heterocycles. The summed E-state index contributed by atoms with van der Waals surface area (Å²) in [7, 11) is 0. The lowest BCUT2D eigenvalue weighted by atomic mass is 10.3. The van der Waals surface area contributed by atoms with E-state index >= 15 is 0 Å². The van der Waals surface area contributed by atoms with E-state index in [4.69, 9.17) is 16.0 Å². The minimum absolute atomic E-state index is 0.0804. The van der Waals surface area contributed by atoms with Gasteiger partial charge in [0.1, 0.15) is 11.5 Å². The number of phenolic OH excluding ortho intramolecular Hbond substituents is 1. The van der Waals surface area contributed by atoms with Crippen LogP contribution in [0.2, 0.25) is 5.02 Å². The van der Waals surface area contributed by atoms with Gasteiger partial charge in [0.2, 0.25) is 0 Å². The van der Waals surface area contributed by atoms with Gasteiger partial charge in [-0.1, -0.05) is 18.5 Å². The van der Waals surface area contributed by atoms with E-state index < -0.39 is 0 Å². The third kappa shape index (κ3) is 2.65. The second-order valence-corrected chi connectivity index (χ2v) is 4.15. The zero-order chi connectivity index (χ0) is 13.1. The van der Waals surface area contributed by atoms with E-state index in [2.05, 4.69) is 5.32 Å². The predicted octanol–water partition coefficient (Wildman–Crippen LogP) is 3.45. The van der Waals surface area contributed by atoms with Crippen LogP contribution in [0.5, 0.6) is 5.75 Å². The number of amides is 1. The van der Waals surface area contributed by atoms with E-state index in [1.54, 1.807) is 18.2 Å². The Morgan fingerprint density at radius 3 is 2.78 bits per heavy atom. The molecule has 0 aliphatic rings. The molecule has 0 bridgehead atoms. The van der Waals surface area contributed by atoms with Crippen LogP contribution in [-0.2, 0) is 6.42 Å². The largest absolute Gasteiger partial charge is 0.506 e. The number of phenols is 1. The molecule has 2 aromatic rings. The molecule has 4 nitrogen and oxygen atoms in total. The molecule has 1 heterocycles. The van der Waals surface area contributed by atoms with Crippen LogP contribution in [0.1, 0.15) is 23.2 Å². The number of halogens is 1. The van der Waals surface area contributed by atoms with Gasteiger partial charge < -0.3 is 14.8 Å². The molecule has 0 aliphatic carbocycles. The quantitative estimate of drug-likeness (QED) is 0.893. The van der Waals surface area contributed by atoms with E-state index in [1.807, 2.05) is 6.92 Å². The molecule has 1 amide bonds. The third-order valence-corrected chi connectivity index (χ3v) is 2.76. The van der Waals surface area contributed by atoms with Crippen molar-refractivity contribution in [1.82, 2.24) is 0 Å². The molecule has 0 spiro atoms. The molecule has 0 fully saturated rings. The zero-order valence-corrected chi connectivity index (χ0v) is 10.5. The molecule has 5 heteroatoms. The fraction of sp³-hybridized carbons (Fsp3) is 0.154. The van der Waals surface area contributed by atoms with Crippen molar-refractivity contribution in [2.45, 2.75) is 13.3 Å². The van der Waals surface area contributed by atoms with E-state index in [1.165, 1.54) is 12.1 Å². The van der Waals surface area contributed by atoms with Crippen molar-refractivity contribution in [1.29, 1.82) is 0 Å². The van der Waals surface area contributed by atoms with Gasteiger partial charge in [0.25, 0.3) is 5.91 Å². The van der Waals surface area contributed by atoms with Crippen molar-refractivity contribution >= 4 is 23.2 Å². The maximum Gasteiger partial charge on any atom is 0.291 e. The average molecular weight is 266 g/mol. The Kier molecular flexibility index (Phi) is 3.58. The first-order valence-corrected chi connectivity index (χ1v) is 5.86. The smallest absolute Gasteiger partial charge is 0.291 e. The second-order valence-electron chi connectivity index (χ2n) is 3.74. The van der Waals surface area contributed by atoms with Crippen LogP contribution in [0, 0.1) is 0 Å². The zero-order valence-electron chi connectivity index (χ0n) is 9.74. The molecule has 0 saturated carbocycles. The summed E-state index contributed by atoms with van der Waals surface area (Å²) in [5.74, 6) is 0.542. The Morgan fingerprint density at radius 2 is 2.17 bits per heavy atom. The molecular weight excluding hydrogens is 254 g/mol. The summed E-state index contributed by atoms with van der Waals surface area (Å²) < 4.78 is 5.32. The van der Waals surface area contributed by atoms with Crippen molar-refractivity contribution in [3.8, 4) is 5.75 Å². The van der Waals surface area contributed by atoms with Crippen LogP contribution < -0.4 is 5.32 Å². The van der Waals surface area contributed by atoms with Crippen LogP contribution in [0.3, 0.4) is 0 Å². The molecule has 0 atom stereocenters. The lowest BCUT2D eigenvalue weighted by molar-refractivity contribution is 0.0995. The lowest BCUT2D eigenvalue weighted by Gasteiger charge is -2.04. The van der Waals surface area contributed by atoms with Gasteiger partial charge in [-0.05, 0) is 24.3 Å². The highest BCUT2D eigenvalue weighted by Crippen LogP contribution is 2.26. The third-order valence-electron chi connectivity index (χ3n) is 2.44. The van der Waals surface area contributed by atoms with Gasteiger partial charge >= 0.3 is 0 Å². The Morgan fingerprint density at radius 1 is 1.39 bits per heavy atom. The highest BCUT2D eigenvalue weighted by Gasteiger charge is 2.11. The first-order valence-electron chi connectivity index (χ1n) is 5.48. The standard InChI is InChI=1S/C13H12ClNO3/c1-2-9-4-6-12(18-9)13(17)15-8-3-5-10(14)11(16)7-8/h3-7,16H,2H2,1H3,(H,15,17). The van der Waals surface area contributed by atoms with Crippen molar-refractivity contribution < 1.29 is 14.3 Å². The van der Waals surface area contributed by atoms with Gasteiger partial charge in [0, 0.05) is 18.2 Å². The van der Waals surface area contributed by atoms with Gasteiger partial charge in [-0.2, -0.15) is 0 Å². The van der Waals surface area contributed by atoms with Crippen LogP contribution in [0.4, 0.5) is 5.69 Å². The van der Waals surface area contributed by atoms with Gasteiger partial charge in [-0.15, -0.1) is 0 Å².